The van der Waals surface area contributed by atoms with E-state index in [1.54, 1.807) is 12.1 Å². The van der Waals surface area contributed by atoms with E-state index in [1.165, 1.54) is 12.8 Å². The van der Waals surface area contributed by atoms with Crippen LogP contribution >= 0.6 is 0 Å². The number of carboxylic acid groups (broad SMARTS) is 1. The zero-order valence-electron chi connectivity index (χ0n) is 10.5. The van der Waals surface area contributed by atoms with E-state index in [9.17, 15) is 4.79 Å². The van der Waals surface area contributed by atoms with Crippen molar-refractivity contribution in [2.45, 2.75) is 32.7 Å². The second kappa shape index (κ2) is 4.35. The maximum atomic E-state index is 11.0. The summed E-state index contributed by atoms with van der Waals surface area (Å²) in [5, 5.41) is 9.03. The molecule has 4 heteroatoms. The number of aromatic carboxylic acids is 1. The Morgan fingerprint density at radius 3 is 2.71 bits per heavy atom. The highest BCUT2D eigenvalue weighted by Crippen LogP contribution is 2.36. The number of aryl methyl sites for hydroxylation is 1. The van der Waals surface area contributed by atoms with Crippen LogP contribution in [0, 0.1) is 12.8 Å². The Kier molecular flexibility index (Phi) is 3.05. The summed E-state index contributed by atoms with van der Waals surface area (Å²) in [6, 6.07) is 3.67. The lowest BCUT2D eigenvalue weighted by Gasteiger charge is -2.26. The molecule has 1 aliphatic rings. The number of nitrogens with zero attached hydrogens (tertiary/aromatic N) is 2. The fourth-order valence-electron chi connectivity index (χ4n) is 2.06. The van der Waals surface area contributed by atoms with Crippen LogP contribution in [0.5, 0.6) is 0 Å². The lowest BCUT2D eigenvalue weighted by atomic mass is 10.1. The Morgan fingerprint density at radius 2 is 2.18 bits per heavy atom. The van der Waals surface area contributed by atoms with E-state index >= 15 is 0 Å². The van der Waals surface area contributed by atoms with Crippen LogP contribution in [0.15, 0.2) is 12.1 Å². The van der Waals surface area contributed by atoms with Crippen LogP contribution in [0.4, 0.5) is 5.82 Å². The van der Waals surface area contributed by atoms with E-state index in [2.05, 4.69) is 16.8 Å². The summed E-state index contributed by atoms with van der Waals surface area (Å²) in [6.07, 6.45) is 2.53. The number of pyridine rings is 1. The van der Waals surface area contributed by atoms with E-state index in [1.807, 2.05) is 14.0 Å². The standard InChI is InChI=1S/C13H18N2O2/c1-8-6-11(13(16)17)7-12(14-8)15(3)9(2)10-4-5-10/h6-7,9-10H,4-5H2,1-3H3,(H,16,17). The van der Waals surface area contributed by atoms with Crippen LogP contribution in [-0.4, -0.2) is 29.1 Å². The van der Waals surface area contributed by atoms with E-state index in [-0.39, 0.29) is 0 Å². The number of hydrogen-bond acceptors (Lipinski definition) is 3. The van der Waals surface area contributed by atoms with Gasteiger partial charge in [0.15, 0.2) is 0 Å². The van der Waals surface area contributed by atoms with Gasteiger partial charge in [-0.2, -0.15) is 0 Å². The first-order chi connectivity index (χ1) is 7.99. The van der Waals surface area contributed by atoms with Crippen molar-refractivity contribution in [2.24, 2.45) is 5.92 Å². The number of carbonyl (C=O) groups is 1. The van der Waals surface area contributed by atoms with Crippen molar-refractivity contribution in [2.75, 3.05) is 11.9 Å². The molecule has 1 saturated carbocycles. The molecule has 1 aliphatic carbocycles. The van der Waals surface area contributed by atoms with Gasteiger partial charge in [0, 0.05) is 18.8 Å². The third-order valence-electron chi connectivity index (χ3n) is 3.46. The molecule has 0 aliphatic heterocycles. The highest BCUT2D eigenvalue weighted by atomic mass is 16.4. The van der Waals surface area contributed by atoms with Crippen LogP contribution in [0.1, 0.15) is 35.8 Å². The molecule has 0 saturated heterocycles. The van der Waals surface area contributed by atoms with Gasteiger partial charge in [0.1, 0.15) is 5.82 Å². The topological polar surface area (TPSA) is 53.4 Å². The predicted octanol–water partition coefficient (Wildman–Crippen LogP) is 2.32. The van der Waals surface area contributed by atoms with Gasteiger partial charge in [-0.3, -0.25) is 0 Å². The minimum atomic E-state index is -0.899. The molecule has 4 nitrogen and oxygen atoms in total. The largest absolute Gasteiger partial charge is 0.478 e. The van der Waals surface area contributed by atoms with Crippen molar-refractivity contribution in [1.29, 1.82) is 0 Å². The van der Waals surface area contributed by atoms with Gasteiger partial charge in [0.05, 0.1) is 5.56 Å². The van der Waals surface area contributed by atoms with Crippen LogP contribution in [-0.2, 0) is 0 Å². The van der Waals surface area contributed by atoms with Crippen molar-refractivity contribution in [3.8, 4) is 0 Å². The molecule has 0 amide bonds. The third kappa shape index (κ3) is 2.57. The molecule has 0 radical (unpaired) electrons. The molecule has 1 N–H and O–H groups in total. The minimum absolute atomic E-state index is 0.308. The molecule has 2 rings (SSSR count). The van der Waals surface area contributed by atoms with Crippen molar-refractivity contribution in [1.82, 2.24) is 4.98 Å². The smallest absolute Gasteiger partial charge is 0.335 e. The molecule has 0 aromatic carbocycles. The lowest BCUT2D eigenvalue weighted by molar-refractivity contribution is 0.0696. The Morgan fingerprint density at radius 1 is 1.53 bits per heavy atom. The van der Waals surface area contributed by atoms with Gasteiger partial charge in [-0.25, -0.2) is 9.78 Å². The van der Waals surface area contributed by atoms with Gasteiger partial charge in [-0.1, -0.05) is 0 Å². The molecule has 1 atom stereocenters. The summed E-state index contributed by atoms with van der Waals surface area (Å²) in [5.41, 5.74) is 1.05. The highest BCUT2D eigenvalue weighted by molar-refractivity contribution is 5.88. The summed E-state index contributed by atoms with van der Waals surface area (Å²) in [7, 11) is 1.98. The maximum Gasteiger partial charge on any atom is 0.335 e. The molecule has 92 valence electrons. The monoisotopic (exact) mass is 234 g/mol. The fourth-order valence-corrected chi connectivity index (χ4v) is 2.06. The SMILES string of the molecule is Cc1cc(C(=O)O)cc(N(C)C(C)C2CC2)n1. The van der Waals surface area contributed by atoms with Crippen LogP contribution in [0.2, 0.25) is 0 Å². The third-order valence-corrected chi connectivity index (χ3v) is 3.46. The number of rotatable bonds is 4. The quantitative estimate of drug-likeness (QED) is 0.868. The van der Waals surface area contributed by atoms with Crippen molar-refractivity contribution < 1.29 is 9.90 Å². The number of aromatic nitrogens is 1. The molecular weight excluding hydrogens is 216 g/mol. The summed E-state index contributed by atoms with van der Waals surface area (Å²) in [4.78, 5) is 17.5. The summed E-state index contributed by atoms with van der Waals surface area (Å²) in [5.74, 6) is 0.585. The van der Waals surface area contributed by atoms with E-state index in [4.69, 9.17) is 5.11 Å². The molecule has 1 aromatic rings. The molecule has 1 unspecified atom stereocenters. The maximum absolute atomic E-state index is 11.0. The van der Waals surface area contributed by atoms with Gasteiger partial charge in [-0.05, 0) is 44.7 Å². The van der Waals surface area contributed by atoms with E-state index in [0.29, 0.717) is 11.6 Å². The molecule has 1 fully saturated rings. The average molecular weight is 234 g/mol. The van der Waals surface area contributed by atoms with Gasteiger partial charge >= 0.3 is 5.97 Å². The number of anilines is 1. The first-order valence-electron chi connectivity index (χ1n) is 5.94. The van der Waals surface area contributed by atoms with Gasteiger partial charge in [0.25, 0.3) is 0 Å². The average Bonchev–Trinajstić information content (AvgIpc) is 3.10. The van der Waals surface area contributed by atoms with Crippen LogP contribution in [0.3, 0.4) is 0 Å². The van der Waals surface area contributed by atoms with Gasteiger partial charge in [0.2, 0.25) is 0 Å². The van der Waals surface area contributed by atoms with Gasteiger partial charge in [-0.15, -0.1) is 0 Å². The predicted molar refractivity (Wildman–Crippen MR) is 66.5 cm³/mol. The molecule has 1 heterocycles. The second-order valence-electron chi connectivity index (χ2n) is 4.85. The first kappa shape index (κ1) is 11.9. The van der Waals surface area contributed by atoms with Crippen LogP contribution < -0.4 is 4.90 Å². The molecule has 0 bridgehead atoms. The number of carboxylic acids is 1. The van der Waals surface area contributed by atoms with Crippen molar-refractivity contribution in [3.05, 3.63) is 23.4 Å². The number of hydrogen-bond donors (Lipinski definition) is 1. The van der Waals surface area contributed by atoms with E-state index < -0.39 is 5.97 Å². The summed E-state index contributed by atoms with van der Waals surface area (Å²) >= 11 is 0. The fraction of sp³-hybridized carbons (Fsp3) is 0.538. The Bertz CT molecular complexity index is 441. The Labute approximate surface area is 101 Å². The van der Waals surface area contributed by atoms with Gasteiger partial charge < -0.3 is 10.0 Å². The Balaban J connectivity index is 2.27. The molecular formula is C13H18N2O2. The second-order valence-corrected chi connectivity index (χ2v) is 4.85. The Hall–Kier alpha value is -1.58. The molecule has 1 aromatic heterocycles. The molecule has 0 spiro atoms. The molecule has 17 heavy (non-hydrogen) atoms. The summed E-state index contributed by atoms with van der Waals surface area (Å²) in [6.45, 7) is 3.99. The van der Waals surface area contributed by atoms with Crippen molar-refractivity contribution >= 4 is 11.8 Å². The van der Waals surface area contributed by atoms with Crippen molar-refractivity contribution in [3.63, 3.8) is 0 Å². The lowest BCUT2D eigenvalue weighted by Crippen LogP contribution is -2.31. The summed E-state index contributed by atoms with van der Waals surface area (Å²) < 4.78 is 0. The van der Waals surface area contributed by atoms with E-state index in [0.717, 1.165) is 17.4 Å². The first-order valence-corrected chi connectivity index (χ1v) is 5.94. The van der Waals surface area contributed by atoms with Crippen LogP contribution in [0.25, 0.3) is 0 Å². The zero-order valence-corrected chi connectivity index (χ0v) is 10.5. The minimum Gasteiger partial charge on any atom is -0.478 e. The normalized spacial score (nSPS) is 16.6. The highest BCUT2D eigenvalue weighted by Gasteiger charge is 2.31. The zero-order chi connectivity index (χ0) is 12.6.